The summed E-state index contributed by atoms with van der Waals surface area (Å²) in [5.74, 6) is 0. The molecule has 1 rings (SSSR count). The third-order valence-corrected chi connectivity index (χ3v) is 2.35. The van der Waals surface area contributed by atoms with E-state index in [1.165, 1.54) is 5.56 Å². The van der Waals surface area contributed by atoms with Crippen molar-refractivity contribution in [3.63, 3.8) is 0 Å². The molecule has 68 valence electrons. The Morgan fingerprint density at radius 2 is 2.42 bits per heavy atom. The van der Waals surface area contributed by atoms with Crippen LogP contribution in [0.5, 0.6) is 0 Å². The molecule has 0 aliphatic carbocycles. The highest BCUT2D eigenvalue weighted by Gasteiger charge is 2.03. The van der Waals surface area contributed by atoms with E-state index < -0.39 is 0 Å². The zero-order valence-corrected chi connectivity index (χ0v) is 8.53. The number of thiophene rings is 1. The van der Waals surface area contributed by atoms with Gasteiger partial charge in [0, 0.05) is 6.04 Å². The summed E-state index contributed by atoms with van der Waals surface area (Å²) in [6.07, 6.45) is 3.91. The summed E-state index contributed by atoms with van der Waals surface area (Å²) in [7, 11) is 0. The standard InChI is InChI=1S/C9H13NS.ClH/c1-2-3-4-9(10)8-5-6-11-7-8;/h2,5-7,9H,1,3-4,10H2;1H/t9-;/m1./s1. The second-order valence-corrected chi connectivity index (χ2v) is 3.31. The normalized spacial score (nSPS) is 11.8. The molecule has 0 aliphatic rings. The van der Waals surface area contributed by atoms with Crippen molar-refractivity contribution in [1.82, 2.24) is 0 Å². The Hall–Kier alpha value is -0.310. The summed E-state index contributed by atoms with van der Waals surface area (Å²) in [6, 6.07) is 2.28. The van der Waals surface area contributed by atoms with E-state index in [0.717, 1.165) is 12.8 Å². The Labute approximate surface area is 83.7 Å². The maximum Gasteiger partial charge on any atom is 0.0306 e. The van der Waals surface area contributed by atoms with E-state index in [2.05, 4.69) is 23.4 Å². The summed E-state index contributed by atoms with van der Waals surface area (Å²) in [4.78, 5) is 0. The molecular formula is C9H14ClNS. The Morgan fingerprint density at radius 3 is 2.92 bits per heavy atom. The number of nitrogens with two attached hydrogens (primary N) is 1. The molecule has 1 nitrogen and oxygen atoms in total. The molecule has 0 aromatic carbocycles. The summed E-state index contributed by atoms with van der Waals surface area (Å²) in [5.41, 5.74) is 7.13. The highest BCUT2D eigenvalue weighted by Crippen LogP contribution is 2.18. The average molecular weight is 204 g/mol. The van der Waals surface area contributed by atoms with Crippen LogP contribution in [0.2, 0.25) is 0 Å². The predicted octanol–water partition coefficient (Wildman–Crippen LogP) is 3.14. The van der Waals surface area contributed by atoms with Crippen LogP contribution in [0.4, 0.5) is 0 Å². The molecule has 1 aromatic heterocycles. The van der Waals surface area contributed by atoms with Crippen molar-refractivity contribution in [3.8, 4) is 0 Å². The largest absolute Gasteiger partial charge is 0.324 e. The van der Waals surface area contributed by atoms with Gasteiger partial charge >= 0.3 is 0 Å². The smallest absolute Gasteiger partial charge is 0.0306 e. The second-order valence-electron chi connectivity index (χ2n) is 2.53. The Bertz CT molecular complexity index is 208. The van der Waals surface area contributed by atoms with Gasteiger partial charge in [-0.2, -0.15) is 11.3 Å². The SMILES string of the molecule is C=CCC[C@@H](N)c1ccsc1.Cl. The molecule has 0 spiro atoms. The minimum absolute atomic E-state index is 0. The van der Waals surface area contributed by atoms with Gasteiger partial charge in [-0.25, -0.2) is 0 Å². The monoisotopic (exact) mass is 203 g/mol. The van der Waals surface area contributed by atoms with E-state index in [4.69, 9.17) is 5.73 Å². The van der Waals surface area contributed by atoms with Crippen LogP contribution in [0.1, 0.15) is 24.4 Å². The lowest BCUT2D eigenvalue weighted by atomic mass is 10.1. The first kappa shape index (κ1) is 11.7. The van der Waals surface area contributed by atoms with Gasteiger partial charge in [-0.15, -0.1) is 19.0 Å². The highest BCUT2D eigenvalue weighted by molar-refractivity contribution is 7.07. The van der Waals surface area contributed by atoms with Gasteiger partial charge in [0.2, 0.25) is 0 Å². The van der Waals surface area contributed by atoms with Crippen LogP contribution in [0.25, 0.3) is 0 Å². The third-order valence-electron chi connectivity index (χ3n) is 1.65. The van der Waals surface area contributed by atoms with E-state index >= 15 is 0 Å². The number of rotatable bonds is 4. The van der Waals surface area contributed by atoms with Gasteiger partial charge in [-0.1, -0.05) is 6.08 Å². The van der Waals surface area contributed by atoms with Gasteiger partial charge in [-0.3, -0.25) is 0 Å². The van der Waals surface area contributed by atoms with Crippen molar-refractivity contribution in [1.29, 1.82) is 0 Å². The highest BCUT2D eigenvalue weighted by atomic mass is 35.5. The number of allylic oxidation sites excluding steroid dienone is 1. The molecule has 0 bridgehead atoms. The molecule has 2 N–H and O–H groups in total. The second kappa shape index (κ2) is 6.23. The van der Waals surface area contributed by atoms with E-state index in [9.17, 15) is 0 Å². The molecule has 12 heavy (non-hydrogen) atoms. The molecule has 0 fully saturated rings. The summed E-state index contributed by atoms with van der Waals surface area (Å²) >= 11 is 1.70. The number of hydrogen-bond donors (Lipinski definition) is 1. The topological polar surface area (TPSA) is 26.0 Å². The zero-order chi connectivity index (χ0) is 8.10. The van der Waals surface area contributed by atoms with Gasteiger partial charge in [-0.05, 0) is 35.2 Å². The fourth-order valence-electron chi connectivity index (χ4n) is 0.950. The molecule has 0 amide bonds. The average Bonchev–Trinajstić information content (AvgIpc) is 2.52. The van der Waals surface area contributed by atoms with Crippen molar-refractivity contribution in [3.05, 3.63) is 35.0 Å². The van der Waals surface area contributed by atoms with Crippen molar-refractivity contribution in [2.45, 2.75) is 18.9 Å². The van der Waals surface area contributed by atoms with Crippen LogP contribution in [0.15, 0.2) is 29.5 Å². The van der Waals surface area contributed by atoms with Gasteiger partial charge in [0.1, 0.15) is 0 Å². The minimum atomic E-state index is 0. The van der Waals surface area contributed by atoms with Crippen molar-refractivity contribution < 1.29 is 0 Å². The molecule has 0 aliphatic heterocycles. The Morgan fingerprint density at radius 1 is 1.67 bits per heavy atom. The summed E-state index contributed by atoms with van der Waals surface area (Å²) < 4.78 is 0. The molecule has 0 unspecified atom stereocenters. The quantitative estimate of drug-likeness (QED) is 0.748. The number of hydrogen-bond acceptors (Lipinski definition) is 2. The van der Waals surface area contributed by atoms with Crippen LogP contribution in [0, 0.1) is 0 Å². The minimum Gasteiger partial charge on any atom is -0.324 e. The number of halogens is 1. The molecule has 3 heteroatoms. The van der Waals surface area contributed by atoms with E-state index in [0.29, 0.717) is 0 Å². The van der Waals surface area contributed by atoms with Crippen molar-refractivity contribution in [2.75, 3.05) is 0 Å². The first-order chi connectivity index (χ1) is 5.34. The maximum atomic E-state index is 5.88. The molecular weight excluding hydrogens is 190 g/mol. The van der Waals surface area contributed by atoms with Crippen LogP contribution in [0.3, 0.4) is 0 Å². The Kier molecular flexibility index (Phi) is 6.07. The first-order valence-electron chi connectivity index (χ1n) is 3.73. The zero-order valence-electron chi connectivity index (χ0n) is 6.90. The lowest BCUT2D eigenvalue weighted by molar-refractivity contribution is 0.664. The van der Waals surface area contributed by atoms with Gasteiger partial charge < -0.3 is 5.73 Å². The molecule has 0 radical (unpaired) electrons. The van der Waals surface area contributed by atoms with Crippen LogP contribution in [-0.2, 0) is 0 Å². The fraction of sp³-hybridized carbons (Fsp3) is 0.333. The molecule has 0 saturated carbocycles. The molecule has 1 atom stereocenters. The summed E-state index contributed by atoms with van der Waals surface area (Å²) in [6.45, 7) is 3.66. The molecule has 1 heterocycles. The van der Waals surface area contributed by atoms with Gasteiger partial charge in [0.15, 0.2) is 0 Å². The van der Waals surface area contributed by atoms with Gasteiger partial charge in [0.05, 0.1) is 0 Å². The fourth-order valence-corrected chi connectivity index (χ4v) is 1.67. The Balaban J connectivity index is 0.00000121. The summed E-state index contributed by atoms with van der Waals surface area (Å²) in [5, 5.41) is 4.16. The van der Waals surface area contributed by atoms with Crippen LogP contribution < -0.4 is 5.73 Å². The van der Waals surface area contributed by atoms with E-state index in [-0.39, 0.29) is 18.4 Å². The van der Waals surface area contributed by atoms with Gasteiger partial charge in [0.25, 0.3) is 0 Å². The molecule has 1 aromatic rings. The maximum absolute atomic E-state index is 5.88. The van der Waals surface area contributed by atoms with Crippen molar-refractivity contribution >= 4 is 23.7 Å². The third kappa shape index (κ3) is 3.39. The van der Waals surface area contributed by atoms with E-state index in [1.807, 2.05) is 6.08 Å². The molecule has 0 saturated heterocycles. The van der Waals surface area contributed by atoms with Crippen LogP contribution in [-0.4, -0.2) is 0 Å². The van der Waals surface area contributed by atoms with Crippen LogP contribution >= 0.6 is 23.7 Å². The van der Waals surface area contributed by atoms with Crippen molar-refractivity contribution in [2.24, 2.45) is 5.73 Å². The lowest BCUT2D eigenvalue weighted by Crippen LogP contribution is -2.08. The first-order valence-corrected chi connectivity index (χ1v) is 4.67. The van der Waals surface area contributed by atoms with E-state index in [1.54, 1.807) is 11.3 Å². The lowest BCUT2D eigenvalue weighted by Gasteiger charge is -2.06. The predicted molar refractivity (Wildman–Crippen MR) is 57.9 cm³/mol.